The summed E-state index contributed by atoms with van der Waals surface area (Å²) in [4.78, 5) is 4.95. The van der Waals surface area contributed by atoms with Gasteiger partial charge in [0.2, 0.25) is 0 Å². The van der Waals surface area contributed by atoms with Crippen LogP contribution >= 0.6 is 0 Å². The number of methoxy groups -OCH3 is 1. The van der Waals surface area contributed by atoms with Crippen molar-refractivity contribution in [2.45, 2.75) is 26.2 Å². The van der Waals surface area contributed by atoms with Crippen LogP contribution in [0.25, 0.3) is 16.8 Å². The van der Waals surface area contributed by atoms with Gasteiger partial charge in [0.1, 0.15) is 11.6 Å². The Kier molecular flexibility index (Phi) is 4.51. The fourth-order valence-corrected chi connectivity index (χ4v) is 3.08. The molecule has 2 aromatic carbocycles. The summed E-state index contributed by atoms with van der Waals surface area (Å²) in [5, 5.41) is 8.10. The number of nitrogens with one attached hydrogen (secondary N) is 1. The van der Waals surface area contributed by atoms with Crippen LogP contribution in [0, 0.1) is 0 Å². The van der Waals surface area contributed by atoms with Crippen molar-refractivity contribution in [3.63, 3.8) is 0 Å². The summed E-state index contributed by atoms with van der Waals surface area (Å²) < 4.78 is 7.11. The van der Waals surface area contributed by atoms with Crippen LogP contribution in [0.15, 0.2) is 66.9 Å². The summed E-state index contributed by atoms with van der Waals surface area (Å²) in [5.41, 5.74) is 4.85. The molecule has 2 aromatic heterocycles. The zero-order chi connectivity index (χ0) is 19.7. The van der Waals surface area contributed by atoms with Crippen LogP contribution in [0.1, 0.15) is 26.5 Å². The summed E-state index contributed by atoms with van der Waals surface area (Å²) in [7, 11) is 1.67. The summed E-state index contributed by atoms with van der Waals surface area (Å²) >= 11 is 0. The van der Waals surface area contributed by atoms with E-state index >= 15 is 0 Å². The molecule has 0 aliphatic rings. The van der Waals surface area contributed by atoms with E-state index in [1.165, 1.54) is 0 Å². The monoisotopic (exact) mass is 372 g/mol. The molecule has 2 heterocycles. The Hall–Kier alpha value is -3.34. The first-order valence-corrected chi connectivity index (χ1v) is 9.31. The Balaban J connectivity index is 1.85. The molecule has 0 aliphatic carbocycles. The molecular weight excluding hydrogens is 348 g/mol. The van der Waals surface area contributed by atoms with Crippen LogP contribution < -0.4 is 10.1 Å². The molecule has 0 aliphatic heterocycles. The van der Waals surface area contributed by atoms with Gasteiger partial charge in [-0.05, 0) is 29.8 Å². The number of hydrogen-bond donors (Lipinski definition) is 1. The number of rotatable bonds is 4. The van der Waals surface area contributed by atoms with E-state index in [0.29, 0.717) is 0 Å². The normalized spacial score (nSPS) is 11.6. The number of fused-ring (bicyclic) bond motifs is 1. The van der Waals surface area contributed by atoms with Gasteiger partial charge in [-0.25, -0.2) is 4.98 Å². The third kappa shape index (κ3) is 3.43. The second-order valence-corrected chi connectivity index (χ2v) is 7.79. The van der Waals surface area contributed by atoms with Gasteiger partial charge in [0.05, 0.1) is 19.0 Å². The molecule has 0 saturated heterocycles. The maximum Gasteiger partial charge on any atom is 0.165 e. The van der Waals surface area contributed by atoms with Crippen molar-refractivity contribution in [3.8, 4) is 16.9 Å². The molecule has 1 N–H and O–H groups in total. The van der Waals surface area contributed by atoms with Gasteiger partial charge in [0, 0.05) is 22.7 Å². The minimum absolute atomic E-state index is 0.0870. The lowest BCUT2D eigenvalue weighted by Gasteiger charge is -2.20. The van der Waals surface area contributed by atoms with Crippen molar-refractivity contribution < 1.29 is 4.74 Å². The molecular formula is C23H24N4O. The molecule has 4 rings (SSSR count). The minimum Gasteiger partial charge on any atom is -0.497 e. The molecule has 0 radical (unpaired) electrons. The minimum atomic E-state index is -0.0870. The average molecular weight is 372 g/mol. The number of benzene rings is 2. The van der Waals surface area contributed by atoms with Crippen LogP contribution in [-0.4, -0.2) is 21.7 Å². The second-order valence-electron chi connectivity index (χ2n) is 7.79. The quantitative estimate of drug-likeness (QED) is 0.518. The van der Waals surface area contributed by atoms with Gasteiger partial charge in [-0.3, -0.25) is 0 Å². The summed E-state index contributed by atoms with van der Waals surface area (Å²) in [5.74, 6) is 1.70. The first kappa shape index (κ1) is 18.0. The maximum atomic E-state index is 5.25. The van der Waals surface area contributed by atoms with E-state index in [1.807, 2.05) is 53.2 Å². The van der Waals surface area contributed by atoms with Crippen molar-refractivity contribution in [2.75, 3.05) is 12.4 Å². The number of ether oxygens (including phenoxy) is 1. The Bertz CT molecular complexity index is 1090. The first-order chi connectivity index (χ1) is 13.5. The highest BCUT2D eigenvalue weighted by atomic mass is 16.5. The van der Waals surface area contributed by atoms with E-state index in [9.17, 15) is 0 Å². The van der Waals surface area contributed by atoms with E-state index in [-0.39, 0.29) is 5.41 Å². The predicted molar refractivity (Wildman–Crippen MR) is 113 cm³/mol. The summed E-state index contributed by atoms with van der Waals surface area (Å²) in [6.07, 6.45) is 1.88. The van der Waals surface area contributed by atoms with Crippen molar-refractivity contribution in [1.29, 1.82) is 0 Å². The molecule has 0 fully saturated rings. The van der Waals surface area contributed by atoms with Gasteiger partial charge < -0.3 is 10.1 Å². The summed E-state index contributed by atoms with van der Waals surface area (Å²) in [6.45, 7) is 6.50. The maximum absolute atomic E-state index is 5.25. The van der Waals surface area contributed by atoms with Gasteiger partial charge in [0.15, 0.2) is 5.65 Å². The third-order valence-corrected chi connectivity index (χ3v) is 4.69. The first-order valence-electron chi connectivity index (χ1n) is 9.31. The lowest BCUT2D eigenvalue weighted by atomic mass is 9.92. The van der Waals surface area contributed by atoms with Crippen LogP contribution in [0.5, 0.6) is 5.75 Å². The highest BCUT2D eigenvalue weighted by Crippen LogP contribution is 2.30. The number of hydrogen-bond acceptors (Lipinski definition) is 4. The standard InChI is InChI=1S/C23H24N4O/c1-23(2,3)20-14-21(25-17-10-12-18(28-4)13-11-17)27-22(26-20)19(15-24-27)16-8-6-5-7-9-16/h5-15,25H,1-4H3. The van der Waals surface area contributed by atoms with Gasteiger partial charge in [-0.2, -0.15) is 9.61 Å². The van der Waals surface area contributed by atoms with Gasteiger partial charge in [-0.15, -0.1) is 0 Å². The van der Waals surface area contributed by atoms with Gasteiger partial charge in [-0.1, -0.05) is 51.1 Å². The fraction of sp³-hybridized carbons (Fsp3) is 0.217. The second kappa shape index (κ2) is 7.00. The highest BCUT2D eigenvalue weighted by molar-refractivity contribution is 5.78. The molecule has 4 aromatic rings. The van der Waals surface area contributed by atoms with Crippen molar-refractivity contribution >= 4 is 17.2 Å². The van der Waals surface area contributed by atoms with Crippen molar-refractivity contribution in [1.82, 2.24) is 14.6 Å². The molecule has 0 spiro atoms. The van der Waals surface area contributed by atoms with Crippen LogP contribution in [0.3, 0.4) is 0 Å². The van der Waals surface area contributed by atoms with Crippen LogP contribution in [-0.2, 0) is 5.41 Å². The molecule has 0 saturated carbocycles. The zero-order valence-corrected chi connectivity index (χ0v) is 16.6. The summed E-state index contributed by atoms with van der Waals surface area (Å²) in [6, 6.07) is 20.2. The smallest absolute Gasteiger partial charge is 0.165 e. The largest absolute Gasteiger partial charge is 0.497 e. The highest BCUT2D eigenvalue weighted by Gasteiger charge is 2.20. The average Bonchev–Trinajstić information content (AvgIpc) is 3.13. The Labute approximate surface area is 165 Å². The molecule has 0 bridgehead atoms. The van der Waals surface area contributed by atoms with Crippen molar-refractivity contribution in [3.05, 3.63) is 72.6 Å². The molecule has 142 valence electrons. The lowest BCUT2D eigenvalue weighted by molar-refractivity contribution is 0.415. The molecule has 0 atom stereocenters. The fourth-order valence-electron chi connectivity index (χ4n) is 3.08. The molecule has 5 heteroatoms. The Morgan fingerprint density at radius 2 is 1.68 bits per heavy atom. The van der Waals surface area contributed by atoms with E-state index in [4.69, 9.17) is 9.72 Å². The van der Waals surface area contributed by atoms with E-state index in [2.05, 4.69) is 49.4 Å². The molecule has 28 heavy (non-hydrogen) atoms. The number of aromatic nitrogens is 3. The molecule has 0 amide bonds. The van der Waals surface area contributed by atoms with Gasteiger partial charge in [0.25, 0.3) is 0 Å². The SMILES string of the molecule is COc1ccc(Nc2cc(C(C)(C)C)nc3c(-c4ccccc4)cnn23)cc1. The predicted octanol–water partition coefficient (Wildman–Crippen LogP) is 5.45. The third-order valence-electron chi connectivity index (χ3n) is 4.69. The molecule has 0 unspecified atom stereocenters. The van der Waals surface area contributed by atoms with Crippen LogP contribution in [0.4, 0.5) is 11.5 Å². The Morgan fingerprint density at radius 1 is 0.964 bits per heavy atom. The van der Waals surface area contributed by atoms with Crippen molar-refractivity contribution in [2.24, 2.45) is 0 Å². The number of nitrogens with zero attached hydrogens (tertiary/aromatic N) is 3. The van der Waals surface area contributed by atoms with Gasteiger partial charge >= 0.3 is 0 Å². The van der Waals surface area contributed by atoms with E-state index in [0.717, 1.165) is 39.7 Å². The topological polar surface area (TPSA) is 51.5 Å². The lowest BCUT2D eigenvalue weighted by Crippen LogP contribution is -2.16. The van der Waals surface area contributed by atoms with E-state index < -0.39 is 0 Å². The molecule has 5 nitrogen and oxygen atoms in total. The Morgan fingerprint density at radius 3 is 2.32 bits per heavy atom. The zero-order valence-electron chi connectivity index (χ0n) is 16.6. The van der Waals surface area contributed by atoms with E-state index in [1.54, 1.807) is 7.11 Å². The number of anilines is 2. The van der Waals surface area contributed by atoms with Crippen LogP contribution in [0.2, 0.25) is 0 Å².